The summed E-state index contributed by atoms with van der Waals surface area (Å²) in [6.07, 6.45) is 0.955. The molecule has 2 fully saturated rings. The monoisotopic (exact) mass is 388 g/mol. The predicted octanol–water partition coefficient (Wildman–Crippen LogP) is 2.30. The molecule has 27 heavy (non-hydrogen) atoms. The molecule has 2 aromatic rings. The number of fused-ring (bicyclic) bond motifs is 3. The van der Waals surface area contributed by atoms with Crippen LogP contribution in [0.3, 0.4) is 0 Å². The van der Waals surface area contributed by atoms with Gasteiger partial charge in [0.25, 0.3) is 5.91 Å². The highest BCUT2D eigenvalue weighted by Gasteiger charge is 2.34. The van der Waals surface area contributed by atoms with Gasteiger partial charge in [0, 0.05) is 36.5 Å². The zero-order chi connectivity index (χ0) is 18.4. The molecule has 6 nitrogen and oxygen atoms in total. The molecule has 1 atom stereocenters. The summed E-state index contributed by atoms with van der Waals surface area (Å²) in [6.45, 7) is 4.04. The Morgan fingerprint density at radius 1 is 1.33 bits per heavy atom. The van der Waals surface area contributed by atoms with Crippen molar-refractivity contribution < 1.29 is 13.9 Å². The van der Waals surface area contributed by atoms with Crippen molar-refractivity contribution in [3.63, 3.8) is 0 Å². The number of hydrogen-bond acceptors (Lipinski definition) is 5. The number of thioether (sulfide) groups is 1. The fourth-order valence-corrected chi connectivity index (χ4v) is 5.17. The van der Waals surface area contributed by atoms with E-state index < -0.39 is 0 Å². The number of carbonyl (C=O) groups excluding carboxylic acids is 1. The number of carbonyl (C=O) groups is 1. The molecule has 1 amide bonds. The van der Waals surface area contributed by atoms with Gasteiger partial charge in [-0.15, -0.1) is 11.8 Å². The first-order valence-electron chi connectivity index (χ1n) is 9.35. The molecule has 1 aromatic carbocycles. The van der Waals surface area contributed by atoms with E-state index in [9.17, 15) is 9.18 Å². The summed E-state index contributed by atoms with van der Waals surface area (Å²) in [6, 6.07) is 5.35. The van der Waals surface area contributed by atoms with Crippen LogP contribution < -0.4 is 5.32 Å². The lowest BCUT2D eigenvalue weighted by molar-refractivity contribution is 0.0297. The Kier molecular flexibility index (Phi) is 4.41. The first kappa shape index (κ1) is 17.2. The van der Waals surface area contributed by atoms with Crippen LogP contribution in [0.1, 0.15) is 28.5 Å². The summed E-state index contributed by atoms with van der Waals surface area (Å²) in [7, 11) is 0. The van der Waals surface area contributed by atoms with Gasteiger partial charge in [0.1, 0.15) is 5.82 Å². The highest BCUT2D eigenvalue weighted by molar-refractivity contribution is 7.98. The van der Waals surface area contributed by atoms with Gasteiger partial charge in [-0.05, 0) is 19.0 Å². The van der Waals surface area contributed by atoms with Crippen LogP contribution in [0.4, 0.5) is 4.39 Å². The zero-order valence-electron chi connectivity index (χ0n) is 14.9. The maximum atomic E-state index is 14.4. The maximum absolute atomic E-state index is 14.4. The molecule has 0 aliphatic carbocycles. The van der Waals surface area contributed by atoms with Crippen LogP contribution in [-0.4, -0.2) is 60.0 Å². The lowest BCUT2D eigenvalue weighted by atomic mass is 10.0. The maximum Gasteiger partial charge on any atom is 0.274 e. The van der Waals surface area contributed by atoms with Crippen molar-refractivity contribution in [2.45, 2.75) is 23.1 Å². The number of rotatable bonds is 2. The van der Waals surface area contributed by atoms with Crippen molar-refractivity contribution in [3.05, 3.63) is 35.3 Å². The van der Waals surface area contributed by atoms with Gasteiger partial charge < -0.3 is 15.0 Å². The number of hydrogen-bond donors (Lipinski definition) is 1. The fraction of sp³-hybridized carbons (Fsp3) is 0.474. The van der Waals surface area contributed by atoms with Gasteiger partial charge in [0.15, 0.2) is 5.69 Å². The largest absolute Gasteiger partial charge is 0.378 e. The standard InChI is InChI=1S/C19H21FN4O2S/c20-15-3-1-2-13-17-14(11-27-18(13)15)16(19(25)23-6-8-26-9-7-23)22-24(17)12-4-5-21-10-12/h1-3,12,21H,4-11H2. The molecule has 4 heterocycles. The molecule has 3 aliphatic rings. The van der Waals surface area contributed by atoms with Gasteiger partial charge in [-0.25, -0.2) is 4.39 Å². The molecule has 1 aromatic heterocycles. The minimum absolute atomic E-state index is 0.0419. The molecule has 142 valence electrons. The van der Waals surface area contributed by atoms with E-state index in [1.807, 2.05) is 15.6 Å². The van der Waals surface area contributed by atoms with Crippen molar-refractivity contribution in [2.75, 3.05) is 39.4 Å². The van der Waals surface area contributed by atoms with Crippen molar-refractivity contribution in [3.8, 4) is 11.3 Å². The average molecular weight is 388 g/mol. The van der Waals surface area contributed by atoms with Crippen molar-refractivity contribution >= 4 is 17.7 Å². The minimum Gasteiger partial charge on any atom is -0.378 e. The van der Waals surface area contributed by atoms with E-state index in [4.69, 9.17) is 9.84 Å². The van der Waals surface area contributed by atoms with E-state index in [-0.39, 0.29) is 17.8 Å². The average Bonchev–Trinajstić information content (AvgIpc) is 3.36. The van der Waals surface area contributed by atoms with Crippen molar-refractivity contribution in [2.24, 2.45) is 0 Å². The Morgan fingerprint density at radius 3 is 2.96 bits per heavy atom. The first-order valence-corrected chi connectivity index (χ1v) is 10.3. The van der Waals surface area contributed by atoms with Crippen LogP contribution >= 0.6 is 11.8 Å². The number of aromatic nitrogens is 2. The minimum atomic E-state index is -0.207. The van der Waals surface area contributed by atoms with Crippen LogP contribution in [-0.2, 0) is 10.5 Å². The van der Waals surface area contributed by atoms with E-state index in [2.05, 4.69) is 5.32 Å². The summed E-state index contributed by atoms with van der Waals surface area (Å²) in [5.41, 5.74) is 3.21. The lowest BCUT2D eigenvalue weighted by Gasteiger charge is -2.26. The Morgan fingerprint density at radius 2 is 2.19 bits per heavy atom. The SMILES string of the molecule is O=C(c1nn(C2CCNC2)c2c1CSc1c(F)cccc1-2)N1CCOCC1. The van der Waals surface area contributed by atoms with Gasteiger partial charge in [0.2, 0.25) is 0 Å². The quantitative estimate of drug-likeness (QED) is 0.856. The first-order chi connectivity index (χ1) is 13.2. The van der Waals surface area contributed by atoms with Crippen LogP contribution in [0.5, 0.6) is 0 Å². The van der Waals surface area contributed by atoms with Crippen LogP contribution in [0, 0.1) is 5.82 Å². The second kappa shape index (κ2) is 6.92. The van der Waals surface area contributed by atoms with Gasteiger partial charge >= 0.3 is 0 Å². The molecule has 5 rings (SSSR count). The molecule has 1 unspecified atom stereocenters. The van der Waals surface area contributed by atoms with Crippen molar-refractivity contribution in [1.82, 2.24) is 20.0 Å². The zero-order valence-corrected chi connectivity index (χ0v) is 15.7. The van der Waals surface area contributed by atoms with Crippen LogP contribution in [0.25, 0.3) is 11.3 Å². The highest BCUT2D eigenvalue weighted by Crippen LogP contribution is 2.45. The summed E-state index contributed by atoms with van der Waals surface area (Å²) in [5, 5.41) is 8.15. The third-order valence-corrected chi connectivity index (χ3v) is 6.61. The number of nitrogens with one attached hydrogen (secondary N) is 1. The second-order valence-corrected chi connectivity index (χ2v) is 8.06. The van der Waals surface area contributed by atoms with Crippen molar-refractivity contribution in [1.29, 1.82) is 0 Å². The third kappa shape index (κ3) is 2.86. The summed E-state index contributed by atoms with van der Waals surface area (Å²) >= 11 is 1.45. The number of morpholine rings is 1. The van der Waals surface area contributed by atoms with E-state index >= 15 is 0 Å². The number of ether oxygens (including phenoxy) is 1. The summed E-state index contributed by atoms with van der Waals surface area (Å²) in [4.78, 5) is 15.6. The smallest absolute Gasteiger partial charge is 0.274 e. The van der Waals surface area contributed by atoms with Gasteiger partial charge in [0.05, 0.1) is 29.8 Å². The fourth-order valence-electron chi connectivity index (χ4n) is 4.08. The summed E-state index contributed by atoms with van der Waals surface area (Å²) < 4.78 is 21.7. The molecule has 0 spiro atoms. The van der Waals surface area contributed by atoms with E-state index in [0.717, 1.165) is 36.3 Å². The molecule has 8 heteroatoms. The van der Waals surface area contributed by atoms with E-state index in [1.165, 1.54) is 17.8 Å². The molecular formula is C19H21FN4O2S. The van der Waals surface area contributed by atoms with Crippen LogP contribution in [0.15, 0.2) is 23.1 Å². The van der Waals surface area contributed by atoms with E-state index in [1.54, 1.807) is 6.07 Å². The topological polar surface area (TPSA) is 59.4 Å². The Labute approximate surface area is 161 Å². The second-order valence-electron chi connectivity index (χ2n) is 7.08. The number of benzene rings is 1. The molecule has 0 radical (unpaired) electrons. The van der Waals surface area contributed by atoms with Gasteiger partial charge in [-0.3, -0.25) is 9.48 Å². The number of halogens is 1. The molecule has 2 saturated heterocycles. The molecule has 3 aliphatic heterocycles. The van der Waals surface area contributed by atoms with E-state index in [0.29, 0.717) is 42.6 Å². The van der Waals surface area contributed by atoms with Crippen LogP contribution in [0.2, 0.25) is 0 Å². The highest BCUT2D eigenvalue weighted by atomic mass is 32.2. The molecule has 0 saturated carbocycles. The normalized spacial score (nSPS) is 21.8. The Balaban J connectivity index is 1.64. The number of amides is 1. The van der Waals surface area contributed by atoms with Gasteiger partial charge in [-0.2, -0.15) is 5.10 Å². The molecule has 1 N–H and O–H groups in total. The summed E-state index contributed by atoms with van der Waals surface area (Å²) in [5.74, 6) is 0.315. The number of nitrogens with zero attached hydrogens (tertiary/aromatic N) is 3. The van der Waals surface area contributed by atoms with Gasteiger partial charge in [-0.1, -0.05) is 12.1 Å². The lowest BCUT2D eigenvalue weighted by Crippen LogP contribution is -2.41. The molecule has 0 bridgehead atoms. The Hall–Kier alpha value is -1.90. The molecular weight excluding hydrogens is 367 g/mol. The Bertz CT molecular complexity index is 888. The predicted molar refractivity (Wildman–Crippen MR) is 100 cm³/mol. The third-order valence-electron chi connectivity index (χ3n) is 5.47.